The van der Waals surface area contributed by atoms with Crippen LogP contribution in [-0.4, -0.2) is 38.1 Å². The quantitative estimate of drug-likeness (QED) is 0.536. The van der Waals surface area contributed by atoms with E-state index in [4.69, 9.17) is 0 Å². The van der Waals surface area contributed by atoms with Crippen molar-refractivity contribution in [3.05, 3.63) is 53.4 Å². The monoisotopic (exact) mass is 369 g/mol. The summed E-state index contributed by atoms with van der Waals surface area (Å²) in [6, 6.07) is 7.82. The fourth-order valence-electron chi connectivity index (χ4n) is 3.68. The molecule has 2 atom stereocenters. The molecule has 142 valence electrons. The summed E-state index contributed by atoms with van der Waals surface area (Å²) in [6.07, 6.45) is 3.56. The molecule has 27 heavy (non-hydrogen) atoms. The van der Waals surface area contributed by atoms with Crippen LogP contribution in [0.5, 0.6) is 0 Å². The molecule has 7 heteroatoms. The first kappa shape index (κ1) is 18.8. The van der Waals surface area contributed by atoms with Crippen LogP contribution in [0.2, 0.25) is 0 Å². The molecule has 1 aromatic carbocycles. The van der Waals surface area contributed by atoms with Gasteiger partial charge in [-0.3, -0.25) is 19.8 Å². The summed E-state index contributed by atoms with van der Waals surface area (Å²) in [5, 5.41) is 20.4. The second-order valence-corrected chi connectivity index (χ2v) is 6.70. The van der Waals surface area contributed by atoms with E-state index in [0.29, 0.717) is 18.4 Å². The zero-order valence-electron chi connectivity index (χ0n) is 15.3. The standard InChI is InChI=1S/C20H23N3O4/c1-3-4-9-16(19(25)22-27)23-17(12(2)18(24)20(23)26)14-10-11-21-15-8-6-5-7-13(14)15/h5-8,10-11,16-17,24,27H,3-4,9H2,1-2H3,(H,22,25). The molecule has 1 aliphatic rings. The number of nitrogens with zero attached hydrogens (tertiary/aromatic N) is 2. The van der Waals surface area contributed by atoms with Crippen molar-refractivity contribution in [3.8, 4) is 0 Å². The number of benzene rings is 1. The summed E-state index contributed by atoms with van der Waals surface area (Å²) in [4.78, 5) is 30.9. The fraction of sp³-hybridized carbons (Fsp3) is 0.350. The number of aromatic nitrogens is 1. The van der Waals surface area contributed by atoms with Gasteiger partial charge in [-0.1, -0.05) is 38.0 Å². The predicted octanol–water partition coefficient (Wildman–Crippen LogP) is 3.01. The average molecular weight is 369 g/mol. The number of amides is 2. The number of para-hydroxylation sites is 1. The van der Waals surface area contributed by atoms with Crippen LogP contribution in [0.15, 0.2) is 47.9 Å². The van der Waals surface area contributed by atoms with Crippen LogP contribution in [0, 0.1) is 0 Å². The Morgan fingerprint density at radius 2 is 2.07 bits per heavy atom. The van der Waals surface area contributed by atoms with Crippen molar-refractivity contribution in [3.63, 3.8) is 0 Å². The lowest BCUT2D eigenvalue weighted by atomic mass is 9.95. The Bertz CT molecular complexity index is 904. The Hall–Kier alpha value is -2.93. The summed E-state index contributed by atoms with van der Waals surface area (Å²) in [5.74, 6) is -1.63. The molecular formula is C20H23N3O4. The summed E-state index contributed by atoms with van der Waals surface area (Å²) < 4.78 is 0. The number of hydrogen-bond acceptors (Lipinski definition) is 5. The van der Waals surface area contributed by atoms with Gasteiger partial charge in [0.15, 0.2) is 5.76 Å². The van der Waals surface area contributed by atoms with Gasteiger partial charge in [-0.25, -0.2) is 5.48 Å². The van der Waals surface area contributed by atoms with Gasteiger partial charge in [0.05, 0.1) is 11.6 Å². The number of carbonyl (C=O) groups is 2. The summed E-state index contributed by atoms with van der Waals surface area (Å²) in [7, 11) is 0. The van der Waals surface area contributed by atoms with E-state index in [-0.39, 0.29) is 5.76 Å². The molecule has 0 spiro atoms. The summed E-state index contributed by atoms with van der Waals surface area (Å²) >= 11 is 0. The predicted molar refractivity (Wildman–Crippen MR) is 99.9 cm³/mol. The maximum Gasteiger partial charge on any atom is 0.290 e. The largest absolute Gasteiger partial charge is 0.503 e. The Balaban J connectivity index is 2.14. The van der Waals surface area contributed by atoms with E-state index in [0.717, 1.165) is 22.9 Å². The Morgan fingerprint density at radius 1 is 1.33 bits per heavy atom. The lowest BCUT2D eigenvalue weighted by Gasteiger charge is -2.33. The highest BCUT2D eigenvalue weighted by atomic mass is 16.5. The van der Waals surface area contributed by atoms with Crippen molar-refractivity contribution >= 4 is 22.7 Å². The van der Waals surface area contributed by atoms with Crippen LogP contribution in [0.25, 0.3) is 10.9 Å². The molecule has 3 rings (SSSR count). The van der Waals surface area contributed by atoms with Crippen molar-refractivity contribution in [2.24, 2.45) is 0 Å². The minimum absolute atomic E-state index is 0.354. The van der Waals surface area contributed by atoms with Crippen LogP contribution in [0.4, 0.5) is 0 Å². The number of nitrogens with one attached hydrogen (secondary N) is 1. The molecular weight excluding hydrogens is 346 g/mol. The molecule has 1 aromatic heterocycles. The number of hydroxylamine groups is 1. The molecule has 1 aliphatic heterocycles. The highest BCUT2D eigenvalue weighted by molar-refractivity contribution is 5.99. The Kier molecular flexibility index (Phi) is 5.41. The fourth-order valence-corrected chi connectivity index (χ4v) is 3.68. The molecule has 0 saturated heterocycles. The Morgan fingerprint density at radius 3 is 2.78 bits per heavy atom. The molecule has 0 saturated carbocycles. The molecule has 3 N–H and O–H groups in total. The highest BCUT2D eigenvalue weighted by Gasteiger charge is 2.44. The minimum atomic E-state index is -0.890. The third kappa shape index (κ3) is 3.26. The van der Waals surface area contributed by atoms with Crippen LogP contribution in [0.1, 0.15) is 44.7 Å². The lowest BCUT2D eigenvalue weighted by Crippen LogP contribution is -2.48. The maximum absolute atomic E-state index is 12.8. The smallest absolute Gasteiger partial charge is 0.290 e. The second kappa shape index (κ2) is 7.75. The normalized spacial score (nSPS) is 18.3. The van der Waals surface area contributed by atoms with Crippen molar-refractivity contribution in [1.82, 2.24) is 15.4 Å². The van der Waals surface area contributed by atoms with Crippen LogP contribution in [0.3, 0.4) is 0 Å². The van der Waals surface area contributed by atoms with Gasteiger partial charge in [-0.05, 0) is 31.0 Å². The van der Waals surface area contributed by atoms with Crippen molar-refractivity contribution in [2.45, 2.75) is 45.2 Å². The zero-order chi connectivity index (χ0) is 19.6. The molecule has 0 fully saturated rings. The molecule has 2 amide bonds. The minimum Gasteiger partial charge on any atom is -0.503 e. The third-order valence-corrected chi connectivity index (χ3v) is 5.06. The number of aliphatic hydroxyl groups excluding tert-OH is 1. The zero-order valence-corrected chi connectivity index (χ0v) is 15.3. The van der Waals surface area contributed by atoms with E-state index in [9.17, 15) is 19.9 Å². The van der Waals surface area contributed by atoms with Crippen molar-refractivity contribution in [1.29, 1.82) is 0 Å². The van der Waals surface area contributed by atoms with Gasteiger partial charge >= 0.3 is 0 Å². The highest BCUT2D eigenvalue weighted by Crippen LogP contribution is 2.41. The van der Waals surface area contributed by atoms with Gasteiger partial charge in [-0.15, -0.1) is 0 Å². The van der Waals surface area contributed by atoms with Crippen LogP contribution >= 0.6 is 0 Å². The van der Waals surface area contributed by atoms with Crippen molar-refractivity contribution < 1.29 is 19.9 Å². The van der Waals surface area contributed by atoms with E-state index in [1.807, 2.05) is 31.2 Å². The second-order valence-electron chi connectivity index (χ2n) is 6.70. The van der Waals surface area contributed by atoms with Gasteiger partial charge in [0.1, 0.15) is 6.04 Å². The number of fused-ring (bicyclic) bond motifs is 1. The molecule has 0 radical (unpaired) electrons. The number of pyridine rings is 1. The molecule has 0 aliphatic carbocycles. The first-order valence-corrected chi connectivity index (χ1v) is 9.01. The number of aliphatic hydroxyl groups is 1. The first-order valence-electron chi connectivity index (χ1n) is 9.01. The van der Waals surface area contributed by atoms with E-state index in [1.165, 1.54) is 4.90 Å². The van der Waals surface area contributed by atoms with Gasteiger partial charge in [0.2, 0.25) is 0 Å². The van der Waals surface area contributed by atoms with E-state index in [1.54, 1.807) is 24.7 Å². The van der Waals surface area contributed by atoms with Gasteiger partial charge < -0.3 is 10.0 Å². The third-order valence-electron chi connectivity index (χ3n) is 5.06. The lowest BCUT2D eigenvalue weighted by molar-refractivity contribution is -0.144. The van der Waals surface area contributed by atoms with E-state index >= 15 is 0 Å². The van der Waals surface area contributed by atoms with Crippen LogP contribution in [-0.2, 0) is 9.59 Å². The maximum atomic E-state index is 12.8. The number of hydrogen-bond donors (Lipinski definition) is 3. The SMILES string of the molecule is CCCCC(C(=O)NO)N1C(=O)C(O)=C(C)C1c1ccnc2ccccc12. The molecule has 2 aromatic rings. The van der Waals surface area contributed by atoms with Gasteiger partial charge in [-0.2, -0.15) is 0 Å². The van der Waals surface area contributed by atoms with E-state index in [2.05, 4.69) is 4.98 Å². The average Bonchev–Trinajstić information content (AvgIpc) is 2.91. The van der Waals surface area contributed by atoms with Crippen LogP contribution < -0.4 is 5.48 Å². The molecule has 2 heterocycles. The number of rotatable bonds is 6. The van der Waals surface area contributed by atoms with Gasteiger partial charge in [0, 0.05) is 17.2 Å². The van der Waals surface area contributed by atoms with E-state index < -0.39 is 23.9 Å². The molecule has 0 bridgehead atoms. The summed E-state index contributed by atoms with van der Waals surface area (Å²) in [6.45, 7) is 3.66. The molecule has 7 nitrogen and oxygen atoms in total. The number of unbranched alkanes of at least 4 members (excludes halogenated alkanes) is 1. The molecule has 2 unspecified atom stereocenters. The van der Waals surface area contributed by atoms with Crippen molar-refractivity contribution in [2.75, 3.05) is 0 Å². The first-order chi connectivity index (χ1) is 13.0. The number of carbonyl (C=O) groups excluding carboxylic acids is 2. The topological polar surface area (TPSA) is 103 Å². The Labute approximate surface area is 157 Å². The summed E-state index contributed by atoms with van der Waals surface area (Å²) in [5.41, 5.74) is 3.68. The van der Waals surface area contributed by atoms with Gasteiger partial charge in [0.25, 0.3) is 11.8 Å².